The standard InChI is InChI=1S/C15H22N2O2.C8H10N2O2/c18-11-16-15(17-12-19,13-7-3-1-4-8-13)14-9-5-2-6-10-14;11-6-9-8(10-7-12)4-2-1-3-5-8/h13-14H,1-10H2;1-5H2. The molecule has 0 saturated heterocycles. The summed E-state index contributed by atoms with van der Waals surface area (Å²) < 4.78 is 0. The zero-order valence-corrected chi connectivity index (χ0v) is 18.2. The predicted octanol–water partition coefficient (Wildman–Crippen LogP) is 4.83. The summed E-state index contributed by atoms with van der Waals surface area (Å²) in [5.74, 6) is 0.430. The topological polar surface area (TPSA) is 118 Å². The van der Waals surface area contributed by atoms with Crippen LogP contribution in [0.1, 0.15) is 96.3 Å². The molecule has 0 radical (unpaired) electrons. The Bertz CT molecular complexity index is 696. The zero-order valence-electron chi connectivity index (χ0n) is 18.2. The number of carbonyl (C=O) groups excluding carboxylic acids is 4. The van der Waals surface area contributed by atoms with Gasteiger partial charge in [0.25, 0.3) is 0 Å². The lowest BCUT2D eigenvalue weighted by Crippen LogP contribution is -2.43. The third-order valence-electron chi connectivity index (χ3n) is 7.02. The van der Waals surface area contributed by atoms with Crippen LogP contribution in [0.5, 0.6) is 0 Å². The molecule has 168 valence electrons. The number of aliphatic imine (C=N–C) groups is 4. The minimum absolute atomic E-state index is 0.215. The summed E-state index contributed by atoms with van der Waals surface area (Å²) in [4.78, 5) is 57.2. The molecular weight excluding hydrogens is 396 g/mol. The van der Waals surface area contributed by atoms with Crippen molar-refractivity contribution >= 4 is 24.3 Å². The molecule has 8 heteroatoms. The molecule has 0 aromatic rings. The molecule has 3 aliphatic carbocycles. The molecule has 0 N–H and O–H groups in total. The van der Waals surface area contributed by atoms with Gasteiger partial charge < -0.3 is 0 Å². The molecule has 3 rings (SSSR count). The van der Waals surface area contributed by atoms with Gasteiger partial charge in [-0.25, -0.2) is 19.2 Å². The molecule has 0 bridgehead atoms. The first kappa shape index (κ1) is 24.8. The van der Waals surface area contributed by atoms with Crippen molar-refractivity contribution < 1.29 is 19.2 Å². The first-order valence-electron chi connectivity index (χ1n) is 11.5. The van der Waals surface area contributed by atoms with Crippen molar-refractivity contribution in [1.82, 2.24) is 0 Å². The molecule has 0 spiro atoms. The third-order valence-corrected chi connectivity index (χ3v) is 7.02. The average molecular weight is 429 g/mol. The summed E-state index contributed by atoms with van der Waals surface area (Å²) >= 11 is 0. The van der Waals surface area contributed by atoms with Gasteiger partial charge in [-0.2, -0.15) is 20.0 Å². The highest BCUT2D eigenvalue weighted by atomic mass is 16.1. The normalized spacial score (nSPS) is 21.5. The Morgan fingerprint density at radius 1 is 0.548 bits per heavy atom. The molecule has 0 unspecified atom stereocenters. The Kier molecular flexibility index (Phi) is 10.4. The van der Waals surface area contributed by atoms with E-state index in [0.29, 0.717) is 12.8 Å². The van der Waals surface area contributed by atoms with Crippen molar-refractivity contribution in [3.05, 3.63) is 0 Å². The van der Waals surface area contributed by atoms with Crippen LogP contribution in [-0.2, 0) is 19.2 Å². The fourth-order valence-electron chi connectivity index (χ4n) is 5.46. The van der Waals surface area contributed by atoms with Gasteiger partial charge in [-0.15, -0.1) is 0 Å². The molecule has 3 aliphatic rings. The Labute approximate surface area is 183 Å². The maximum Gasteiger partial charge on any atom is 0.237 e. The van der Waals surface area contributed by atoms with E-state index in [1.165, 1.54) is 25.0 Å². The summed E-state index contributed by atoms with van der Waals surface area (Å²) in [7, 11) is 0. The molecule has 0 aromatic carbocycles. The van der Waals surface area contributed by atoms with E-state index in [0.717, 1.165) is 70.6 Å². The number of nitrogens with zero attached hydrogens (tertiary/aromatic N) is 4. The van der Waals surface area contributed by atoms with Crippen molar-refractivity contribution in [3.63, 3.8) is 0 Å². The SMILES string of the molecule is O=C=NC(N=C=O)(C1CCCCC1)C1CCCCC1.O=C=NC1(N=C=O)CCCCC1. The minimum Gasteiger partial charge on any atom is -0.211 e. The quantitative estimate of drug-likeness (QED) is 0.444. The zero-order chi connectivity index (χ0) is 22.4. The van der Waals surface area contributed by atoms with E-state index >= 15 is 0 Å². The number of hydrogen-bond donors (Lipinski definition) is 0. The molecule has 0 aliphatic heterocycles. The van der Waals surface area contributed by atoms with Gasteiger partial charge in [-0.3, -0.25) is 0 Å². The van der Waals surface area contributed by atoms with Gasteiger partial charge in [0.2, 0.25) is 24.3 Å². The lowest BCUT2D eigenvalue weighted by Gasteiger charge is -2.41. The van der Waals surface area contributed by atoms with Crippen LogP contribution in [0.4, 0.5) is 0 Å². The molecule has 3 fully saturated rings. The monoisotopic (exact) mass is 428 g/mol. The summed E-state index contributed by atoms with van der Waals surface area (Å²) in [5.41, 5.74) is -1.67. The number of rotatable bonds is 6. The van der Waals surface area contributed by atoms with E-state index in [2.05, 4.69) is 20.0 Å². The molecule has 31 heavy (non-hydrogen) atoms. The maximum atomic E-state index is 10.9. The second-order valence-electron chi connectivity index (χ2n) is 8.81. The highest BCUT2D eigenvalue weighted by Gasteiger charge is 2.46. The van der Waals surface area contributed by atoms with Crippen LogP contribution in [0.25, 0.3) is 0 Å². The third kappa shape index (κ3) is 6.75. The van der Waals surface area contributed by atoms with E-state index in [4.69, 9.17) is 0 Å². The first-order valence-corrected chi connectivity index (χ1v) is 11.5. The van der Waals surface area contributed by atoms with Gasteiger partial charge >= 0.3 is 0 Å². The van der Waals surface area contributed by atoms with E-state index in [9.17, 15) is 19.2 Å². The Balaban J connectivity index is 0.000000245. The van der Waals surface area contributed by atoms with Crippen molar-refractivity contribution in [3.8, 4) is 0 Å². The summed E-state index contributed by atoms with van der Waals surface area (Å²) in [6.45, 7) is 0. The molecule has 3 saturated carbocycles. The second kappa shape index (κ2) is 13.0. The highest BCUT2D eigenvalue weighted by molar-refractivity contribution is 5.40. The molecular formula is C23H32N4O4. The van der Waals surface area contributed by atoms with Crippen LogP contribution in [0.2, 0.25) is 0 Å². The van der Waals surface area contributed by atoms with Gasteiger partial charge in [0.1, 0.15) is 0 Å². The highest BCUT2D eigenvalue weighted by Crippen LogP contribution is 2.45. The summed E-state index contributed by atoms with van der Waals surface area (Å²) in [6, 6.07) is 0. The Morgan fingerprint density at radius 3 is 1.29 bits per heavy atom. The van der Waals surface area contributed by atoms with E-state index in [1.807, 2.05) is 0 Å². The van der Waals surface area contributed by atoms with Crippen LogP contribution in [0, 0.1) is 11.8 Å². The van der Waals surface area contributed by atoms with Crippen LogP contribution in [0.3, 0.4) is 0 Å². The van der Waals surface area contributed by atoms with Crippen LogP contribution < -0.4 is 0 Å². The summed E-state index contributed by atoms with van der Waals surface area (Å²) in [5, 5.41) is 0. The van der Waals surface area contributed by atoms with Gasteiger partial charge in [0, 0.05) is 11.8 Å². The molecule has 0 aromatic heterocycles. The predicted molar refractivity (Wildman–Crippen MR) is 114 cm³/mol. The fraction of sp³-hybridized carbons (Fsp3) is 0.826. The van der Waals surface area contributed by atoms with Crippen molar-refractivity contribution in [2.45, 2.75) is 108 Å². The van der Waals surface area contributed by atoms with E-state index in [1.54, 1.807) is 12.2 Å². The van der Waals surface area contributed by atoms with Gasteiger partial charge in [0.05, 0.1) is 0 Å². The fourth-order valence-corrected chi connectivity index (χ4v) is 5.46. The summed E-state index contributed by atoms with van der Waals surface area (Å²) in [6.07, 6.45) is 21.7. The van der Waals surface area contributed by atoms with E-state index in [-0.39, 0.29) is 11.8 Å². The van der Waals surface area contributed by atoms with Gasteiger partial charge in [0.15, 0.2) is 11.3 Å². The molecule has 0 amide bonds. The lowest BCUT2D eigenvalue weighted by atomic mass is 9.69. The van der Waals surface area contributed by atoms with Gasteiger partial charge in [-0.1, -0.05) is 44.9 Å². The van der Waals surface area contributed by atoms with Gasteiger partial charge in [-0.05, 0) is 51.4 Å². The Morgan fingerprint density at radius 2 is 0.935 bits per heavy atom. The largest absolute Gasteiger partial charge is 0.237 e. The van der Waals surface area contributed by atoms with Crippen LogP contribution in [-0.4, -0.2) is 35.6 Å². The molecule has 0 heterocycles. The Hall–Kier alpha value is -2.48. The van der Waals surface area contributed by atoms with Crippen molar-refractivity contribution in [2.75, 3.05) is 0 Å². The lowest BCUT2D eigenvalue weighted by molar-refractivity contribution is 0.115. The maximum absolute atomic E-state index is 10.9. The first-order chi connectivity index (χ1) is 15.2. The van der Waals surface area contributed by atoms with Crippen molar-refractivity contribution in [1.29, 1.82) is 0 Å². The van der Waals surface area contributed by atoms with Crippen molar-refractivity contribution in [2.24, 2.45) is 31.8 Å². The molecule has 0 atom stereocenters. The minimum atomic E-state index is -0.857. The van der Waals surface area contributed by atoms with Crippen LogP contribution >= 0.6 is 0 Å². The van der Waals surface area contributed by atoms with Crippen LogP contribution in [0.15, 0.2) is 20.0 Å². The molecule has 8 nitrogen and oxygen atoms in total. The number of isocyanates is 4. The average Bonchev–Trinajstić information content (AvgIpc) is 2.81. The van der Waals surface area contributed by atoms with E-state index < -0.39 is 11.3 Å². The number of hydrogen-bond acceptors (Lipinski definition) is 8. The second-order valence-corrected chi connectivity index (χ2v) is 8.81. The smallest absolute Gasteiger partial charge is 0.211 e.